The number of esters is 1. The van der Waals surface area contributed by atoms with Crippen LogP contribution in [-0.4, -0.2) is 50.1 Å². The molecule has 0 bridgehead atoms. The minimum Gasteiger partial charge on any atom is -0.497 e. The standard InChI is InChI=1S/C30H30N2O7S/c1-4-39-28(34)18-23(33)19-40-25-13-10-22(11-14-25)31-30(36)26(32-29(35)20-8-6-5-7-9-20)17-21-16-24(37-2)12-15-27(21)38-3/h5-17H,4,18-19H2,1-3H3,(H,31,36)(H,32,35)/b26-17-. The summed E-state index contributed by atoms with van der Waals surface area (Å²) in [5, 5.41) is 5.48. The van der Waals surface area contributed by atoms with Gasteiger partial charge in [0, 0.05) is 21.7 Å². The number of nitrogens with one attached hydrogen (secondary N) is 2. The molecule has 0 heterocycles. The Labute approximate surface area is 236 Å². The van der Waals surface area contributed by atoms with Crippen molar-refractivity contribution in [3.8, 4) is 11.5 Å². The second-order valence-corrected chi connectivity index (χ2v) is 9.32. The summed E-state index contributed by atoms with van der Waals surface area (Å²) in [6, 6.07) is 20.5. The summed E-state index contributed by atoms with van der Waals surface area (Å²) >= 11 is 1.27. The van der Waals surface area contributed by atoms with Crippen molar-refractivity contribution in [2.24, 2.45) is 0 Å². The molecular weight excluding hydrogens is 532 g/mol. The molecule has 2 amide bonds. The van der Waals surface area contributed by atoms with E-state index in [4.69, 9.17) is 14.2 Å². The van der Waals surface area contributed by atoms with Crippen LogP contribution in [-0.2, 0) is 19.1 Å². The third kappa shape index (κ3) is 9.02. The number of amides is 2. The highest BCUT2D eigenvalue weighted by atomic mass is 32.2. The van der Waals surface area contributed by atoms with Gasteiger partial charge in [-0.15, -0.1) is 11.8 Å². The first-order valence-electron chi connectivity index (χ1n) is 12.3. The van der Waals surface area contributed by atoms with Gasteiger partial charge in [0.05, 0.1) is 26.6 Å². The molecule has 0 aliphatic carbocycles. The molecule has 0 unspecified atom stereocenters. The maximum absolute atomic E-state index is 13.3. The Morgan fingerprint density at radius 1 is 0.900 bits per heavy atom. The second-order valence-electron chi connectivity index (χ2n) is 8.27. The maximum atomic E-state index is 13.3. The van der Waals surface area contributed by atoms with Crippen LogP contribution < -0.4 is 20.1 Å². The van der Waals surface area contributed by atoms with Crippen molar-refractivity contribution in [3.05, 3.63) is 89.6 Å². The van der Waals surface area contributed by atoms with Crippen molar-refractivity contribution in [2.45, 2.75) is 18.2 Å². The van der Waals surface area contributed by atoms with Crippen molar-refractivity contribution < 1.29 is 33.4 Å². The zero-order chi connectivity index (χ0) is 28.9. The van der Waals surface area contributed by atoms with Gasteiger partial charge in [-0.2, -0.15) is 0 Å². The highest BCUT2D eigenvalue weighted by molar-refractivity contribution is 8.00. The number of rotatable bonds is 13. The van der Waals surface area contributed by atoms with E-state index in [0.29, 0.717) is 28.3 Å². The molecule has 0 aliphatic heterocycles. The third-order valence-electron chi connectivity index (χ3n) is 5.42. The predicted molar refractivity (Wildman–Crippen MR) is 153 cm³/mol. The number of thioether (sulfide) groups is 1. The van der Waals surface area contributed by atoms with E-state index in [9.17, 15) is 19.2 Å². The van der Waals surface area contributed by atoms with Crippen molar-refractivity contribution in [1.82, 2.24) is 5.32 Å². The summed E-state index contributed by atoms with van der Waals surface area (Å²) in [6.45, 7) is 1.91. The van der Waals surface area contributed by atoms with Gasteiger partial charge in [-0.3, -0.25) is 19.2 Å². The normalized spacial score (nSPS) is 10.8. The number of ether oxygens (including phenoxy) is 3. The van der Waals surface area contributed by atoms with E-state index in [2.05, 4.69) is 10.6 Å². The molecule has 0 saturated carbocycles. The average molecular weight is 563 g/mol. The van der Waals surface area contributed by atoms with Gasteiger partial charge in [0.2, 0.25) is 0 Å². The van der Waals surface area contributed by atoms with Crippen molar-refractivity contribution in [2.75, 3.05) is 31.9 Å². The average Bonchev–Trinajstić information content (AvgIpc) is 2.96. The molecule has 3 aromatic carbocycles. The topological polar surface area (TPSA) is 120 Å². The van der Waals surface area contributed by atoms with Crippen molar-refractivity contribution in [3.63, 3.8) is 0 Å². The number of hydrogen-bond donors (Lipinski definition) is 2. The van der Waals surface area contributed by atoms with Crippen LogP contribution in [0.5, 0.6) is 11.5 Å². The number of ketones is 1. The van der Waals surface area contributed by atoms with Crippen LogP contribution in [0.2, 0.25) is 0 Å². The third-order valence-corrected chi connectivity index (χ3v) is 6.50. The molecule has 0 radical (unpaired) electrons. The van der Waals surface area contributed by atoms with Gasteiger partial charge < -0.3 is 24.8 Å². The molecule has 2 N–H and O–H groups in total. The minimum atomic E-state index is -0.556. The van der Waals surface area contributed by atoms with E-state index in [1.807, 2.05) is 0 Å². The van der Waals surface area contributed by atoms with Crippen LogP contribution in [0.25, 0.3) is 6.08 Å². The summed E-state index contributed by atoms with van der Waals surface area (Å²) < 4.78 is 15.5. The second kappa shape index (κ2) is 15.1. The molecule has 3 aromatic rings. The van der Waals surface area contributed by atoms with Crippen LogP contribution in [0.3, 0.4) is 0 Å². The van der Waals surface area contributed by atoms with Gasteiger partial charge in [0.25, 0.3) is 11.8 Å². The van der Waals surface area contributed by atoms with Crippen molar-refractivity contribution >= 4 is 47.1 Å². The molecule has 40 heavy (non-hydrogen) atoms. The highest BCUT2D eigenvalue weighted by Gasteiger charge is 2.17. The molecule has 3 rings (SSSR count). The van der Waals surface area contributed by atoms with Crippen molar-refractivity contribution in [1.29, 1.82) is 0 Å². The monoisotopic (exact) mass is 562 g/mol. The van der Waals surface area contributed by atoms with Gasteiger partial charge in [-0.1, -0.05) is 18.2 Å². The van der Waals surface area contributed by atoms with E-state index in [1.54, 1.807) is 79.7 Å². The van der Waals surface area contributed by atoms with Crippen LogP contribution in [0, 0.1) is 0 Å². The van der Waals surface area contributed by atoms with Gasteiger partial charge in [-0.25, -0.2) is 0 Å². The fourth-order valence-corrected chi connectivity index (χ4v) is 4.23. The fourth-order valence-electron chi connectivity index (χ4n) is 3.47. The molecule has 0 aromatic heterocycles. The van der Waals surface area contributed by atoms with E-state index in [-0.39, 0.29) is 30.3 Å². The molecule has 208 valence electrons. The SMILES string of the molecule is CCOC(=O)CC(=O)CSc1ccc(NC(=O)/C(=C/c2cc(OC)ccc2OC)NC(=O)c2ccccc2)cc1. The quantitative estimate of drug-likeness (QED) is 0.133. The van der Waals surface area contributed by atoms with E-state index < -0.39 is 17.8 Å². The maximum Gasteiger partial charge on any atom is 0.313 e. The largest absolute Gasteiger partial charge is 0.497 e. The summed E-state index contributed by atoms with van der Waals surface area (Å²) in [5.74, 6) is -0.638. The molecule has 10 heteroatoms. The van der Waals surface area contributed by atoms with E-state index in [0.717, 1.165) is 4.90 Å². The number of methoxy groups -OCH3 is 2. The Hall–Kier alpha value is -4.57. The van der Waals surface area contributed by atoms with Gasteiger partial charge in [0.1, 0.15) is 23.6 Å². The zero-order valence-corrected chi connectivity index (χ0v) is 23.2. The molecule has 0 fully saturated rings. The Kier molecular flexibility index (Phi) is 11.3. The van der Waals surface area contributed by atoms with Crippen LogP contribution in [0.4, 0.5) is 5.69 Å². The number of Topliss-reactive ketones (excluding diaryl/α,β-unsaturated/α-hetero) is 1. The Bertz CT molecular complexity index is 1370. The number of benzene rings is 3. The fraction of sp³-hybridized carbons (Fsp3) is 0.200. The summed E-state index contributed by atoms with van der Waals surface area (Å²) in [6.07, 6.45) is 1.24. The van der Waals surface area contributed by atoms with E-state index >= 15 is 0 Å². The van der Waals surface area contributed by atoms with Crippen LogP contribution in [0.1, 0.15) is 29.3 Å². The highest BCUT2D eigenvalue weighted by Crippen LogP contribution is 2.26. The Morgan fingerprint density at radius 3 is 2.27 bits per heavy atom. The first kappa shape index (κ1) is 30.0. The number of carbonyl (C=O) groups is 4. The summed E-state index contributed by atoms with van der Waals surface area (Å²) in [4.78, 5) is 50.5. The molecule has 0 spiro atoms. The van der Waals surface area contributed by atoms with Crippen LogP contribution >= 0.6 is 11.8 Å². The predicted octanol–water partition coefficient (Wildman–Crippen LogP) is 4.73. The lowest BCUT2D eigenvalue weighted by Crippen LogP contribution is -2.30. The zero-order valence-electron chi connectivity index (χ0n) is 22.4. The van der Waals surface area contributed by atoms with Gasteiger partial charge in [-0.05, 0) is 67.6 Å². The summed E-state index contributed by atoms with van der Waals surface area (Å²) in [5.41, 5.74) is 1.38. The minimum absolute atomic E-state index is 0.0107. The van der Waals surface area contributed by atoms with Gasteiger partial charge >= 0.3 is 5.97 Å². The lowest BCUT2D eigenvalue weighted by Gasteiger charge is -2.13. The first-order valence-corrected chi connectivity index (χ1v) is 13.3. The molecule has 0 atom stereocenters. The van der Waals surface area contributed by atoms with E-state index in [1.165, 1.54) is 32.1 Å². The molecule has 0 aliphatic rings. The Balaban J connectivity index is 1.77. The summed E-state index contributed by atoms with van der Waals surface area (Å²) in [7, 11) is 3.03. The first-order chi connectivity index (χ1) is 19.3. The smallest absolute Gasteiger partial charge is 0.313 e. The molecular formula is C30H30N2O7S. The number of carbonyl (C=O) groups excluding carboxylic acids is 4. The van der Waals surface area contributed by atoms with Crippen LogP contribution in [0.15, 0.2) is 83.4 Å². The lowest BCUT2D eigenvalue weighted by atomic mass is 10.1. The lowest BCUT2D eigenvalue weighted by molar-refractivity contribution is -0.145. The Morgan fingerprint density at radius 2 is 1.62 bits per heavy atom. The molecule has 9 nitrogen and oxygen atoms in total. The number of hydrogen-bond acceptors (Lipinski definition) is 8. The molecule has 0 saturated heterocycles. The van der Waals surface area contributed by atoms with Gasteiger partial charge in [0.15, 0.2) is 5.78 Å². The number of anilines is 1.